The molecule has 7 nitrogen and oxygen atoms in total. The lowest BCUT2D eigenvalue weighted by atomic mass is 10.0. The Balaban J connectivity index is 1.68. The highest BCUT2D eigenvalue weighted by atomic mass is 16.6. The highest BCUT2D eigenvalue weighted by Crippen LogP contribution is 2.24. The highest BCUT2D eigenvalue weighted by Gasteiger charge is 2.48. The number of nitrogens with zero attached hydrogens (tertiary/aromatic N) is 1. The second kappa shape index (κ2) is 8.67. The SMILES string of the molecule is C[C@@H]1OC(=O)N(C(=O)C[C@H](N)c2ccccc2)[C@H]1C(=O)OCc1ccccc1. The van der Waals surface area contributed by atoms with E-state index >= 15 is 0 Å². The van der Waals surface area contributed by atoms with Gasteiger partial charge in [0.1, 0.15) is 12.7 Å². The largest absolute Gasteiger partial charge is 0.459 e. The van der Waals surface area contributed by atoms with Crippen molar-refractivity contribution >= 4 is 18.0 Å². The van der Waals surface area contributed by atoms with Gasteiger partial charge in [-0.05, 0) is 18.1 Å². The number of benzene rings is 2. The summed E-state index contributed by atoms with van der Waals surface area (Å²) in [6.45, 7) is 1.60. The first kappa shape index (κ1) is 19.6. The van der Waals surface area contributed by atoms with Crippen LogP contribution in [0.15, 0.2) is 60.7 Å². The Kier molecular flexibility index (Phi) is 6.06. The number of carbonyl (C=O) groups excluding carboxylic acids is 3. The molecule has 2 N–H and O–H groups in total. The summed E-state index contributed by atoms with van der Waals surface area (Å²) < 4.78 is 10.4. The van der Waals surface area contributed by atoms with Gasteiger partial charge in [0, 0.05) is 12.5 Å². The van der Waals surface area contributed by atoms with Gasteiger partial charge in [0.25, 0.3) is 0 Å². The van der Waals surface area contributed by atoms with Gasteiger partial charge in [0.05, 0.1) is 0 Å². The van der Waals surface area contributed by atoms with Crippen LogP contribution in [0, 0.1) is 0 Å². The molecule has 0 aliphatic carbocycles. The Morgan fingerprint density at radius 2 is 1.71 bits per heavy atom. The molecule has 2 aromatic carbocycles. The first-order valence-corrected chi connectivity index (χ1v) is 9.01. The molecule has 2 amide bonds. The van der Waals surface area contributed by atoms with Crippen LogP contribution in [0.5, 0.6) is 0 Å². The predicted molar refractivity (Wildman–Crippen MR) is 101 cm³/mol. The molecule has 3 rings (SSSR count). The van der Waals surface area contributed by atoms with E-state index in [1.165, 1.54) is 0 Å². The summed E-state index contributed by atoms with van der Waals surface area (Å²) in [4.78, 5) is 38.3. The van der Waals surface area contributed by atoms with Crippen LogP contribution >= 0.6 is 0 Å². The first-order chi connectivity index (χ1) is 13.5. The first-order valence-electron chi connectivity index (χ1n) is 9.01. The Morgan fingerprint density at radius 1 is 1.11 bits per heavy atom. The third-order valence-corrected chi connectivity index (χ3v) is 4.56. The smallest absolute Gasteiger partial charge is 0.417 e. The molecule has 0 radical (unpaired) electrons. The maximum atomic E-state index is 12.7. The fourth-order valence-electron chi connectivity index (χ4n) is 3.08. The summed E-state index contributed by atoms with van der Waals surface area (Å²) in [6, 6.07) is 16.5. The number of hydrogen-bond acceptors (Lipinski definition) is 6. The minimum atomic E-state index is -1.13. The van der Waals surface area contributed by atoms with E-state index in [-0.39, 0.29) is 13.0 Å². The summed E-state index contributed by atoms with van der Waals surface area (Å²) >= 11 is 0. The molecule has 0 spiro atoms. The topological polar surface area (TPSA) is 98.9 Å². The van der Waals surface area contributed by atoms with Crippen molar-refractivity contribution in [3.05, 3.63) is 71.8 Å². The van der Waals surface area contributed by atoms with E-state index in [9.17, 15) is 14.4 Å². The second-order valence-electron chi connectivity index (χ2n) is 6.61. The maximum Gasteiger partial charge on any atom is 0.417 e. The number of carbonyl (C=O) groups is 3. The molecule has 3 atom stereocenters. The molecule has 1 aliphatic heterocycles. The zero-order valence-electron chi connectivity index (χ0n) is 15.5. The third kappa shape index (κ3) is 4.37. The monoisotopic (exact) mass is 382 g/mol. The van der Waals surface area contributed by atoms with Crippen LogP contribution in [-0.2, 0) is 25.7 Å². The molecule has 1 saturated heterocycles. The van der Waals surface area contributed by atoms with E-state index in [2.05, 4.69) is 0 Å². The van der Waals surface area contributed by atoms with Gasteiger partial charge in [-0.2, -0.15) is 0 Å². The Bertz CT molecular complexity index is 840. The average Bonchev–Trinajstić information content (AvgIpc) is 3.01. The number of ether oxygens (including phenoxy) is 2. The number of imide groups is 1. The zero-order chi connectivity index (χ0) is 20.1. The van der Waals surface area contributed by atoms with E-state index in [0.29, 0.717) is 0 Å². The number of rotatable bonds is 6. The quantitative estimate of drug-likeness (QED) is 0.771. The van der Waals surface area contributed by atoms with Crippen LogP contribution in [0.3, 0.4) is 0 Å². The van der Waals surface area contributed by atoms with Crippen molar-refractivity contribution in [2.45, 2.75) is 38.1 Å². The molecule has 1 fully saturated rings. The van der Waals surface area contributed by atoms with Crippen LogP contribution in [-0.4, -0.2) is 35.0 Å². The van der Waals surface area contributed by atoms with Crippen LogP contribution in [0.4, 0.5) is 4.79 Å². The third-order valence-electron chi connectivity index (χ3n) is 4.56. The Morgan fingerprint density at radius 3 is 2.36 bits per heavy atom. The van der Waals surface area contributed by atoms with E-state index in [1.807, 2.05) is 48.5 Å². The fraction of sp³-hybridized carbons (Fsp3) is 0.286. The number of hydrogen-bond donors (Lipinski definition) is 1. The molecule has 2 aromatic rings. The molecule has 0 unspecified atom stereocenters. The molecule has 1 aliphatic rings. The molecular formula is C21H22N2O5. The Labute approximate surface area is 163 Å². The van der Waals surface area contributed by atoms with Crippen molar-refractivity contribution in [3.8, 4) is 0 Å². The lowest BCUT2D eigenvalue weighted by molar-refractivity contribution is -0.154. The van der Waals surface area contributed by atoms with E-state index in [0.717, 1.165) is 16.0 Å². The second-order valence-corrected chi connectivity index (χ2v) is 6.61. The highest BCUT2D eigenvalue weighted by molar-refractivity contribution is 5.99. The molecule has 0 saturated carbocycles. The maximum absolute atomic E-state index is 12.7. The van der Waals surface area contributed by atoms with Gasteiger partial charge in [-0.3, -0.25) is 4.79 Å². The number of amides is 2. The van der Waals surface area contributed by atoms with Gasteiger partial charge in [0.2, 0.25) is 5.91 Å². The van der Waals surface area contributed by atoms with Gasteiger partial charge in [0.15, 0.2) is 6.04 Å². The van der Waals surface area contributed by atoms with Gasteiger partial charge in [-0.1, -0.05) is 60.7 Å². The van der Waals surface area contributed by atoms with Gasteiger partial charge in [-0.15, -0.1) is 0 Å². The van der Waals surface area contributed by atoms with E-state index in [4.69, 9.17) is 15.2 Å². The van der Waals surface area contributed by atoms with Crippen molar-refractivity contribution < 1.29 is 23.9 Å². The van der Waals surface area contributed by atoms with E-state index in [1.54, 1.807) is 19.1 Å². The molecule has 0 bridgehead atoms. The number of nitrogens with two attached hydrogens (primary N) is 1. The zero-order valence-corrected chi connectivity index (χ0v) is 15.5. The lowest BCUT2D eigenvalue weighted by Gasteiger charge is -2.22. The van der Waals surface area contributed by atoms with Crippen molar-refractivity contribution in [1.29, 1.82) is 0 Å². The summed E-state index contributed by atoms with van der Waals surface area (Å²) in [5, 5.41) is 0. The minimum Gasteiger partial charge on any atom is -0.459 e. The molecule has 28 heavy (non-hydrogen) atoms. The van der Waals surface area contributed by atoms with Crippen molar-refractivity contribution in [1.82, 2.24) is 4.90 Å². The van der Waals surface area contributed by atoms with E-state index < -0.39 is 36.2 Å². The summed E-state index contributed by atoms with van der Waals surface area (Å²) in [5.74, 6) is -1.27. The van der Waals surface area contributed by atoms with Crippen LogP contribution in [0.2, 0.25) is 0 Å². The van der Waals surface area contributed by atoms with Gasteiger partial charge < -0.3 is 15.2 Å². The predicted octanol–water partition coefficient (Wildman–Crippen LogP) is 2.56. The van der Waals surface area contributed by atoms with Crippen molar-refractivity contribution in [2.24, 2.45) is 5.73 Å². The molecule has 7 heteroatoms. The normalized spacial score (nSPS) is 19.8. The molecule has 0 aromatic heterocycles. The summed E-state index contributed by atoms with van der Waals surface area (Å²) in [6.07, 6.45) is -1.79. The summed E-state index contributed by atoms with van der Waals surface area (Å²) in [5.41, 5.74) is 7.65. The number of esters is 1. The van der Waals surface area contributed by atoms with Crippen LogP contribution in [0.1, 0.15) is 30.5 Å². The van der Waals surface area contributed by atoms with Gasteiger partial charge in [-0.25, -0.2) is 14.5 Å². The fourth-order valence-corrected chi connectivity index (χ4v) is 3.08. The minimum absolute atomic E-state index is 0.0443. The lowest BCUT2D eigenvalue weighted by Crippen LogP contribution is -2.47. The van der Waals surface area contributed by atoms with Crippen LogP contribution < -0.4 is 5.73 Å². The van der Waals surface area contributed by atoms with Crippen molar-refractivity contribution in [3.63, 3.8) is 0 Å². The van der Waals surface area contributed by atoms with Gasteiger partial charge >= 0.3 is 12.1 Å². The Hall–Kier alpha value is -3.19. The average molecular weight is 382 g/mol. The molecule has 146 valence electrons. The summed E-state index contributed by atoms with van der Waals surface area (Å²) in [7, 11) is 0. The number of cyclic esters (lactones) is 1. The standard InChI is InChI=1S/C21H22N2O5/c1-14-19(20(25)27-13-15-8-4-2-5-9-15)23(21(26)28-14)18(24)12-17(22)16-10-6-3-7-11-16/h2-11,14,17,19H,12-13,22H2,1H3/t14-,17-,19+/m0/s1. The molecule has 1 heterocycles. The van der Waals surface area contributed by atoms with Crippen molar-refractivity contribution in [2.75, 3.05) is 0 Å². The molecular weight excluding hydrogens is 360 g/mol. The van der Waals surface area contributed by atoms with Crippen LogP contribution in [0.25, 0.3) is 0 Å².